The Kier molecular flexibility index (Phi) is 6.48. The Morgan fingerprint density at radius 2 is 1.88 bits per heavy atom. The van der Waals surface area contributed by atoms with Gasteiger partial charge in [0.15, 0.2) is 0 Å². The van der Waals surface area contributed by atoms with Crippen LogP contribution >= 0.6 is 0 Å². The third kappa shape index (κ3) is 5.17. The summed E-state index contributed by atoms with van der Waals surface area (Å²) in [5, 5.41) is 3.04. The van der Waals surface area contributed by atoms with Crippen LogP contribution in [0.25, 0.3) is 0 Å². The number of carbonyl (C=O) groups excluding carboxylic acids is 1. The fourth-order valence-electron chi connectivity index (χ4n) is 4.12. The van der Waals surface area contributed by atoms with E-state index in [0.717, 1.165) is 37.0 Å². The molecule has 2 saturated heterocycles. The van der Waals surface area contributed by atoms with Crippen LogP contribution in [0.15, 0.2) is 24.3 Å². The monoisotopic (exact) mass is 363 g/mol. The summed E-state index contributed by atoms with van der Waals surface area (Å²) in [7, 11) is 0. The lowest BCUT2D eigenvalue weighted by molar-refractivity contribution is -0.0155. The lowest BCUT2D eigenvalue weighted by Gasteiger charge is -2.35. The molecule has 0 radical (unpaired) electrons. The van der Waals surface area contributed by atoms with Crippen molar-refractivity contribution < 1.29 is 13.9 Å². The van der Waals surface area contributed by atoms with Crippen molar-refractivity contribution in [1.82, 2.24) is 15.1 Å². The van der Waals surface area contributed by atoms with E-state index in [1.54, 1.807) is 17.0 Å². The molecule has 6 heteroatoms. The van der Waals surface area contributed by atoms with E-state index >= 15 is 0 Å². The highest BCUT2D eigenvalue weighted by atomic mass is 19.1. The van der Waals surface area contributed by atoms with Crippen LogP contribution in [0.5, 0.6) is 0 Å². The molecule has 3 unspecified atom stereocenters. The smallest absolute Gasteiger partial charge is 0.317 e. The molecule has 2 fully saturated rings. The van der Waals surface area contributed by atoms with Gasteiger partial charge in [0, 0.05) is 32.7 Å². The number of nitrogens with zero attached hydrogens (tertiary/aromatic N) is 2. The topological polar surface area (TPSA) is 44.8 Å². The number of morpholine rings is 1. The molecule has 2 aliphatic heterocycles. The zero-order valence-corrected chi connectivity index (χ0v) is 15.8. The molecule has 0 aliphatic carbocycles. The van der Waals surface area contributed by atoms with Gasteiger partial charge < -0.3 is 19.9 Å². The SMILES string of the molecule is CC1CC(C)CN(CCNC(=O)N2CCOC(c3ccc(F)cc3)C2)C1. The minimum absolute atomic E-state index is 0.0430. The largest absolute Gasteiger partial charge is 0.370 e. The van der Waals surface area contributed by atoms with Gasteiger partial charge in [0.05, 0.1) is 13.2 Å². The second-order valence-corrected chi connectivity index (χ2v) is 7.79. The van der Waals surface area contributed by atoms with Crippen LogP contribution in [0.4, 0.5) is 9.18 Å². The Morgan fingerprint density at radius 1 is 1.19 bits per heavy atom. The number of nitrogens with one attached hydrogen (secondary N) is 1. The summed E-state index contributed by atoms with van der Waals surface area (Å²) >= 11 is 0. The maximum atomic E-state index is 13.1. The van der Waals surface area contributed by atoms with Gasteiger partial charge in [-0.05, 0) is 36.0 Å². The van der Waals surface area contributed by atoms with E-state index < -0.39 is 0 Å². The summed E-state index contributed by atoms with van der Waals surface area (Å²) in [6, 6.07) is 6.26. The molecule has 1 aromatic rings. The number of rotatable bonds is 4. The summed E-state index contributed by atoms with van der Waals surface area (Å²) in [5.74, 6) is 1.19. The van der Waals surface area contributed by atoms with Gasteiger partial charge in [-0.15, -0.1) is 0 Å². The first kappa shape index (κ1) is 19.1. The molecule has 1 aromatic carbocycles. The molecule has 144 valence electrons. The predicted octanol–water partition coefficient (Wildman–Crippen LogP) is 2.89. The van der Waals surface area contributed by atoms with Crippen LogP contribution < -0.4 is 5.32 Å². The summed E-state index contributed by atoms with van der Waals surface area (Å²) in [6.07, 6.45) is 1.10. The normalized spacial score (nSPS) is 27.3. The van der Waals surface area contributed by atoms with Crippen LogP contribution in [0.3, 0.4) is 0 Å². The molecular weight excluding hydrogens is 333 g/mol. The summed E-state index contributed by atoms with van der Waals surface area (Å²) in [4.78, 5) is 16.7. The first-order chi connectivity index (χ1) is 12.5. The maximum absolute atomic E-state index is 13.1. The first-order valence-corrected chi connectivity index (χ1v) is 9.63. The zero-order chi connectivity index (χ0) is 18.5. The van der Waals surface area contributed by atoms with Crippen molar-refractivity contribution in [1.29, 1.82) is 0 Å². The van der Waals surface area contributed by atoms with E-state index in [1.165, 1.54) is 18.6 Å². The number of piperidine rings is 1. The highest BCUT2D eigenvalue weighted by Gasteiger charge is 2.26. The molecular formula is C20H30FN3O2. The van der Waals surface area contributed by atoms with Gasteiger partial charge in [-0.3, -0.25) is 0 Å². The number of carbonyl (C=O) groups is 1. The minimum Gasteiger partial charge on any atom is -0.370 e. The molecule has 2 aliphatic rings. The summed E-state index contributed by atoms with van der Waals surface area (Å²) < 4.78 is 18.8. The van der Waals surface area contributed by atoms with Gasteiger partial charge in [-0.1, -0.05) is 26.0 Å². The standard InChI is InChI=1S/C20H30FN3O2/c1-15-11-16(2)13-23(12-15)8-7-22-20(25)24-9-10-26-19(14-24)17-3-5-18(21)6-4-17/h3-6,15-16,19H,7-14H2,1-2H3,(H,22,25). The highest BCUT2D eigenvalue weighted by Crippen LogP contribution is 2.23. The Balaban J connectivity index is 1.44. The van der Waals surface area contributed by atoms with Gasteiger partial charge in [0.2, 0.25) is 0 Å². The number of urea groups is 1. The number of hydrogen-bond donors (Lipinski definition) is 1. The van der Waals surface area contributed by atoms with Crippen LogP contribution in [0.1, 0.15) is 31.9 Å². The molecule has 0 aromatic heterocycles. The van der Waals surface area contributed by atoms with Crippen molar-refractivity contribution in [3.63, 3.8) is 0 Å². The molecule has 26 heavy (non-hydrogen) atoms. The fraction of sp³-hybridized carbons (Fsp3) is 0.650. The summed E-state index contributed by atoms with van der Waals surface area (Å²) in [6.45, 7) is 9.96. The predicted molar refractivity (Wildman–Crippen MR) is 99.4 cm³/mol. The quantitative estimate of drug-likeness (QED) is 0.895. The Bertz CT molecular complexity index is 585. The molecule has 1 N–H and O–H groups in total. The molecule has 2 amide bonds. The Labute approximate surface area is 155 Å². The number of hydrogen-bond acceptors (Lipinski definition) is 3. The second-order valence-electron chi connectivity index (χ2n) is 7.79. The van der Waals surface area contributed by atoms with Gasteiger partial charge in [0.1, 0.15) is 11.9 Å². The van der Waals surface area contributed by atoms with Gasteiger partial charge >= 0.3 is 6.03 Å². The van der Waals surface area contributed by atoms with Gasteiger partial charge in [-0.2, -0.15) is 0 Å². The van der Waals surface area contributed by atoms with Crippen LogP contribution in [0.2, 0.25) is 0 Å². The minimum atomic E-state index is -0.263. The molecule has 0 spiro atoms. The molecule has 0 bridgehead atoms. The molecule has 2 heterocycles. The molecule has 0 saturated carbocycles. The van der Waals surface area contributed by atoms with Gasteiger partial charge in [0.25, 0.3) is 0 Å². The number of halogens is 1. The number of amides is 2. The van der Waals surface area contributed by atoms with E-state index in [4.69, 9.17) is 4.74 Å². The van der Waals surface area contributed by atoms with Crippen molar-refractivity contribution in [2.45, 2.75) is 26.4 Å². The van der Waals surface area contributed by atoms with Crippen molar-refractivity contribution in [3.8, 4) is 0 Å². The number of ether oxygens (including phenoxy) is 1. The van der Waals surface area contributed by atoms with Crippen molar-refractivity contribution >= 4 is 6.03 Å². The van der Waals surface area contributed by atoms with Crippen molar-refractivity contribution in [3.05, 3.63) is 35.6 Å². The lowest BCUT2D eigenvalue weighted by Crippen LogP contribution is -2.49. The number of likely N-dealkylation sites (tertiary alicyclic amines) is 1. The molecule has 5 nitrogen and oxygen atoms in total. The Morgan fingerprint density at radius 3 is 2.58 bits per heavy atom. The van der Waals surface area contributed by atoms with Crippen molar-refractivity contribution in [2.75, 3.05) is 45.9 Å². The molecule has 3 atom stereocenters. The number of benzene rings is 1. The Hall–Kier alpha value is -1.66. The average Bonchev–Trinajstić information content (AvgIpc) is 2.61. The van der Waals surface area contributed by atoms with Gasteiger partial charge in [-0.25, -0.2) is 9.18 Å². The highest BCUT2D eigenvalue weighted by molar-refractivity contribution is 5.74. The van der Waals surface area contributed by atoms with E-state index in [-0.39, 0.29) is 18.0 Å². The van der Waals surface area contributed by atoms with E-state index in [0.29, 0.717) is 26.2 Å². The second kappa shape index (κ2) is 8.82. The zero-order valence-electron chi connectivity index (χ0n) is 15.8. The molecule has 3 rings (SSSR count). The third-order valence-corrected chi connectivity index (χ3v) is 5.24. The first-order valence-electron chi connectivity index (χ1n) is 9.63. The fourth-order valence-corrected chi connectivity index (χ4v) is 4.12. The van der Waals surface area contributed by atoms with E-state index in [9.17, 15) is 9.18 Å². The van der Waals surface area contributed by atoms with E-state index in [2.05, 4.69) is 24.1 Å². The van der Waals surface area contributed by atoms with E-state index in [1.807, 2.05) is 0 Å². The van der Waals surface area contributed by atoms with Crippen molar-refractivity contribution in [2.24, 2.45) is 11.8 Å². The van der Waals surface area contributed by atoms with Crippen LogP contribution in [-0.2, 0) is 4.74 Å². The third-order valence-electron chi connectivity index (χ3n) is 5.24. The van der Waals surface area contributed by atoms with Crippen LogP contribution in [0, 0.1) is 17.7 Å². The average molecular weight is 363 g/mol. The lowest BCUT2D eigenvalue weighted by atomic mass is 9.92. The maximum Gasteiger partial charge on any atom is 0.317 e. The summed E-state index contributed by atoms with van der Waals surface area (Å²) in [5.41, 5.74) is 0.903. The van der Waals surface area contributed by atoms with Crippen LogP contribution in [-0.4, -0.2) is 61.7 Å².